The molecule has 1 fully saturated rings. The Kier molecular flexibility index (Phi) is 9.17. The minimum Gasteiger partial charge on any atom is -0.475 e. The van der Waals surface area contributed by atoms with Gasteiger partial charge in [0.1, 0.15) is 11.6 Å². The van der Waals surface area contributed by atoms with Crippen LogP contribution in [0.15, 0.2) is 60.7 Å². The molecule has 1 aliphatic heterocycles. The summed E-state index contributed by atoms with van der Waals surface area (Å²) in [6.07, 6.45) is -2.73. The Morgan fingerprint density at radius 2 is 1.61 bits per heavy atom. The number of para-hydroxylation sites is 1. The third-order valence-corrected chi connectivity index (χ3v) is 6.30. The lowest BCUT2D eigenvalue weighted by Gasteiger charge is -2.25. The highest BCUT2D eigenvalue weighted by atomic mass is 19.4. The number of hydrogen-bond acceptors (Lipinski definition) is 5. The number of H-pyrrole nitrogens is 1. The first-order valence-corrected chi connectivity index (χ1v) is 12.6. The van der Waals surface area contributed by atoms with Crippen LogP contribution in [0.2, 0.25) is 0 Å². The van der Waals surface area contributed by atoms with E-state index >= 15 is 0 Å². The fourth-order valence-corrected chi connectivity index (χ4v) is 4.38. The molecule has 1 saturated heterocycles. The molecule has 0 aliphatic carbocycles. The summed E-state index contributed by atoms with van der Waals surface area (Å²) in [7, 11) is 0. The monoisotopic (exact) mass is 575 g/mol. The number of piperidine rings is 1. The van der Waals surface area contributed by atoms with Crippen molar-refractivity contribution in [2.24, 2.45) is 0 Å². The van der Waals surface area contributed by atoms with Crippen molar-refractivity contribution >= 4 is 34.3 Å². The van der Waals surface area contributed by atoms with Gasteiger partial charge in [-0.3, -0.25) is 9.89 Å². The second-order valence-corrected chi connectivity index (χ2v) is 9.38. The molecule has 216 valence electrons. The van der Waals surface area contributed by atoms with Gasteiger partial charge >= 0.3 is 12.1 Å². The number of hydrogen-bond donors (Lipinski definition) is 5. The minimum absolute atomic E-state index is 0.261. The van der Waals surface area contributed by atoms with Gasteiger partial charge in [-0.1, -0.05) is 18.2 Å². The number of halogens is 5. The van der Waals surface area contributed by atoms with Crippen LogP contribution in [0.3, 0.4) is 0 Å². The van der Waals surface area contributed by atoms with Gasteiger partial charge in [0.15, 0.2) is 5.82 Å². The van der Waals surface area contributed by atoms with E-state index in [1.54, 1.807) is 6.07 Å². The van der Waals surface area contributed by atoms with Crippen molar-refractivity contribution in [1.82, 2.24) is 15.5 Å². The third kappa shape index (κ3) is 8.01. The summed E-state index contributed by atoms with van der Waals surface area (Å²) in [6, 6.07) is 16.8. The van der Waals surface area contributed by atoms with Crippen LogP contribution in [0, 0.1) is 11.6 Å². The zero-order chi connectivity index (χ0) is 29.6. The molecule has 5 N–H and O–H groups in total. The normalized spacial score (nSPS) is 13.8. The van der Waals surface area contributed by atoms with Crippen LogP contribution in [0.5, 0.6) is 0 Å². The number of aromatic nitrogens is 2. The molecule has 0 unspecified atom stereocenters. The summed E-state index contributed by atoms with van der Waals surface area (Å²) in [5, 5.41) is 24.8. The van der Waals surface area contributed by atoms with Gasteiger partial charge in [-0.15, -0.1) is 0 Å². The fourth-order valence-electron chi connectivity index (χ4n) is 4.38. The van der Waals surface area contributed by atoms with Crippen molar-refractivity contribution in [3.63, 3.8) is 0 Å². The molecule has 5 rings (SSSR count). The maximum Gasteiger partial charge on any atom is 0.490 e. The lowest BCUT2D eigenvalue weighted by molar-refractivity contribution is -0.192. The molecule has 1 aromatic heterocycles. The number of carbonyl (C=O) groups excluding carboxylic acids is 1. The van der Waals surface area contributed by atoms with E-state index in [2.05, 4.69) is 26.1 Å². The van der Waals surface area contributed by atoms with Gasteiger partial charge in [0, 0.05) is 23.2 Å². The topological polar surface area (TPSA) is 119 Å². The molecule has 1 aliphatic rings. The number of nitrogens with zero attached hydrogens (tertiary/aromatic N) is 1. The van der Waals surface area contributed by atoms with Crippen LogP contribution in [-0.4, -0.2) is 52.5 Å². The number of benzene rings is 3. The van der Waals surface area contributed by atoms with Crippen molar-refractivity contribution in [2.45, 2.75) is 31.5 Å². The van der Waals surface area contributed by atoms with Crippen molar-refractivity contribution in [1.29, 1.82) is 0 Å². The summed E-state index contributed by atoms with van der Waals surface area (Å²) in [5.41, 5.74) is 3.47. The van der Waals surface area contributed by atoms with E-state index in [9.17, 15) is 26.7 Å². The molecule has 3 aromatic carbocycles. The Morgan fingerprint density at radius 1 is 0.951 bits per heavy atom. The average molecular weight is 576 g/mol. The molecule has 0 bridgehead atoms. The molecule has 41 heavy (non-hydrogen) atoms. The number of fused-ring (bicyclic) bond motifs is 1. The number of carbonyl (C=O) groups is 2. The van der Waals surface area contributed by atoms with Crippen LogP contribution in [0.1, 0.15) is 34.3 Å². The van der Waals surface area contributed by atoms with E-state index < -0.39 is 23.8 Å². The van der Waals surface area contributed by atoms with Gasteiger partial charge in [0.05, 0.1) is 11.1 Å². The predicted molar refractivity (Wildman–Crippen MR) is 143 cm³/mol. The molecule has 0 spiro atoms. The van der Waals surface area contributed by atoms with Crippen molar-refractivity contribution in [3.8, 4) is 0 Å². The van der Waals surface area contributed by atoms with E-state index in [0.717, 1.165) is 54.2 Å². The summed E-state index contributed by atoms with van der Waals surface area (Å²) >= 11 is 0. The zero-order valence-electron chi connectivity index (χ0n) is 21.5. The number of carboxylic acid groups (broad SMARTS) is 1. The molecule has 0 radical (unpaired) electrons. The lowest BCUT2D eigenvalue weighted by Crippen LogP contribution is -2.35. The highest BCUT2D eigenvalue weighted by molar-refractivity contribution is 6.10. The Labute approximate surface area is 231 Å². The van der Waals surface area contributed by atoms with Crippen LogP contribution >= 0.6 is 0 Å². The van der Waals surface area contributed by atoms with E-state index in [0.29, 0.717) is 29.4 Å². The molecular weight excluding hydrogens is 549 g/mol. The van der Waals surface area contributed by atoms with Crippen molar-refractivity contribution in [2.75, 3.05) is 23.7 Å². The molecule has 8 nitrogen and oxygen atoms in total. The molecular formula is C28H26F5N5O3. The van der Waals surface area contributed by atoms with Gasteiger partial charge in [0.2, 0.25) is 0 Å². The van der Waals surface area contributed by atoms with E-state index in [4.69, 9.17) is 9.90 Å². The summed E-state index contributed by atoms with van der Waals surface area (Å²) in [4.78, 5) is 22.1. The Bertz CT molecular complexity index is 1510. The number of amides is 1. The number of carboxylic acids is 1. The largest absolute Gasteiger partial charge is 0.490 e. The van der Waals surface area contributed by atoms with E-state index in [-0.39, 0.29) is 5.91 Å². The highest BCUT2D eigenvalue weighted by Crippen LogP contribution is 2.26. The molecule has 4 aromatic rings. The first kappa shape index (κ1) is 29.5. The second-order valence-electron chi connectivity index (χ2n) is 9.38. The van der Waals surface area contributed by atoms with Crippen LogP contribution in [0.25, 0.3) is 10.9 Å². The number of nitrogens with one attached hydrogen (secondary N) is 4. The smallest absolute Gasteiger partial charge is 0.475 e. The van der Waals surface area contributed by atoms with Crippen molar-refractivity contribution < 1.29 is 36.6 Å². The molecule has 0 atom stereocenters. The van der Waals surface area contributed by atoms with Crippen molar-refractivity contribution in [3.05, 3.63) is 89.0 Å². The van der Waals surface area contributed by atoms with E-state index in [1.165, 1.54) is 12.1 Å². The maximum absolute atomic E-state index is 13.6. The Hall–Kier alpha value is -4.52. The average Bonchev–Trinajstić information content (AvgIpc) is 3.30. The standard InChI is InChI=1S/C26H25F2N5O.C2HF3O2/c27-18-12-17(13-19(28)15-18)11-16-5-6-24-22(14-16)25(33-32-24)31-26(34)21-3-1-2-4-23(21)30-20-7-9-29-10-8-20;3-2(4,5)1(6)7/h1-6,12-15,20,29-30H,7-11H2,(H2,31,32,33,34);(H,6,7). The quantitative estimate of drug-likeness (QED) is 0.194. The number of aliphatic carboxylic acids is 1. The Morgan fingerprint density at radius 3 is 2.27 bits per heavy atom. The second kappa shape index (κ2) is 12.8. The third-order valence-electron chi connectivity index (χ3n) is 6.30. The lowest BCUT2D eigenvalue weighted by atomic mass is 10.0. The number of anilines is 2. The maximum atomic E-state index is 13.6. The predicted octanol–water partition coefficient (Wildman–Crippen LogP) is 5.48. The van der Waals surface area contributed by atoms with Gasteiger partial charge in [-0.25, -0.2) is 13.6 Å². The SMILES string of the molecule is O=C(Nc1n[nH]c2ccc(Cc3cc(F)cc(F)c3)cc12)c1ccccc1NC1CCNCC1.O=C(O)C(F)(F)F. The molecule has 2 heterocycles. The first-order valence-electron chi connectivity index (χ1n) is 12.6. The zero-order valence-corrected chi connectivity index (χ0v) is 21.5. The Balaban J connectivity index is 0.000000493. The van der Waals surface area contributed by atoms with Crippen LogP contribution in [0.4, 0.5) is 33.5 Å². The summed E-state index contributed by atoms with van der Waals surface area (Å²) < 4.78 is 58.9. The van der Waals surface area contributed by atoms with Crippen LogP contribution in [-0.2, 0) is 11.2 Å². The van der Waals surface area contributed by atoms with Gasteiger partial charge in [0.25, 0.3) is 5.91 Å². The summed E-state index contributed by atoms with van der Waals surface area (Å²) in [5.74, 6) is -3.83. The molecule has 1 amide bonds. The number of rotatable bonds is 6. The minimum atomic E-state index is -5.08. The number of aromatic amines is 1. The van der Waals surface area contributed by atoms with Gasteiger partial charge < -0.3 is 21.1 Å². The van der Waals surface area contributed by atoms with E-state index in [1.807, 2.05) is 36.4 Å². The summed E-state index contributed by atoms with van der Waals surface area (Å²) in [6.45, 7) is 1.91. The molecule has 0 saturated carbocycles. The number of alkyl halides is 3. The fraction of sp³-hybridized carbons (Fsp3) is 0.250. The highest BCUT2D eigenvalue weighted by Gasteiger charge is 2.38. The van der Waals surface area contributed by atoms with Crippen LogP contribution < -0.4 is 16.0 Å². The van der Waals surface area contributed by atoms with Gasteiger partial charge in [-0.2, -0.15) is 18.3 Å². The van der Waals surface area contributed by atoms with Gasteiger partial charge in [-0.05, 0) is 79.9 Å². The first-order chi connectivity index (χ1) is 19.5. The molecule has 13 heteroatoms.